The van der Waals surface area contributed by atoms with Gasteiger partial charge < -0.3 is 9.80 Å². The van der Waals surface area contributed by atoms with Gasteiger partial charge in [0, 0.05) is 30.9 Å². The molecule has 27 heavy (non-hydrogen) atoms. The molecule has 0 bridgehead atoms. The Morgan fingerprint density at radius 2 is 1.85 bits per heavy atom. The Morgan fingerprint density at radius 3 is 2.52 bits per heavy atom. The SMILES string of the molecule is CCCCN(C(=O)[C@H]1CC(=O)N(c2ccc(C)c(C)c2)C1)c1ccccc1. The van der Waals surface area contributed by atoms with Crippen molar-refractivity contribution >= 4 is 23.2 Å². The summed E-state index contributed by atoms with van der Waals surface area (Å²) in [6.45, 7) is 7.37. The average Bonchev–Trinajstić information content (AvgIpc) is 3.07. The minimum Gasteiger partial charge on any atom is -0.312 e. The monoisotopic (exact) mass is 364 g/mol. The molecule has 2 amide bonds. The van der Waals surface area contributed by atoms with Gasteiger partial charge in [-0.15, -0.1) is 0 Å². The molecule has 4 heteroatoms. The van der Waals surface area contributed by atoms with Crippen molar-refractivity contribution < 1.29 is 9.59 Å². The topological polar surface area (TPSA) is 40.6 Å². The van der Waals surface area contributed by atoms with Crippen LogP contribution in [-0.2, 0) is 9.59 Å². The van der Waals surface area contributed by atoms with Crippen LogP contribution in [0.2, 0.25) is 0 Å². The van der Waals surface area contributed by atoms with Gasteiger partial charge in [-0.2, -0.15) is 0 Å². The Balaban J connectivity index is 1.79. The third-order valence-electron chi connectivity index (χ3n) is 5.35. The summed E-state index contributed by atoms with van der Waals surface area (Å²) in [6, 6.07) is 15.8. The molecule has 0 saturated carbocycles. The van der Waals surface area contributed by atoms with E-state index in [4.69, 9.17) is 0 Å². The van der Waals surface area contributed by atoms with Gasteiger partial charge in [-0.3, -0.25) is 9.59 Å². The highest BCUT2D eigenvalue weighted by molar-refractivity contribution is 6.04. The lowest BCUT2D eigenvalue weighted by Gasteiger charge is -2.26. The van der Waals surface area contributed by atoms with E-state index in [9.17, 15) is 9.59 Å². The smallest absolute Gasteiger partial charge is 0.232 e. The number of hydrogen-bond acceptors (Lipinski definition) is 2. The van der Waals surface area contributed by atoms with E-state index in [2.05, 4.69) is 13.8 Å². The maximum absolute atomic E-state index is 13.2. The molecule has 0 N–H and O–H groups in total. The summed E-state index contributed by atoms with van der Waals surface area (Å²) in [5.41, 5.74) is 4.16. The summed E-state index contributed by atoms with van der Waals surface area (Å²) < 4.78 is 0. The van der Waals surface area contributed by atoms with Gasteiger partial charge in [0.2, 0.25) is 11.8 Å². The zero-order valence-electron chi connectivity index (χ0n) is 16.4. The van der Waals surface area contributed by atoms with Gasteiger partial charge in [0.25, 0.3) is 0 Å². The number of benzene rings is 2. The van der Waals surface area contributed by atoms with Crippen molar-refractivity contribution in [2.75, 3.05) is 22.9 Å². The Bertz CT molecular complexity index is 816. The summed E-state index contributed by atoms with van der Waals surface area (Å²) in [6.07, 6.45) is 2.25. The number of para-hydroxylation sites is 1. The van der Waals surface area contributed by atoms with Crippen LogP contribution in [0.5, 0.6) is 0 Å². The van der Waals surface area contributed by atoms with Crippen molar-refractivity contribution in [1.29, 1.82) is 0 Å². The molecule has 0 unspecified atom stereocenters. The van der Waals surface area contributed by atoms with E-state index in [0.29, 0.717) is 13.1 Å². The predicted molar refractivity (Wildman–Crippen MR) is 110 cm³/mol. The number of nitrogens with zero attached hydrogens (tertiary/aromatic N) is 2. The number of carbonyl (C=O) groups is 2. The van der Waals surface area contributed by atoms with E-state index in [-0.39, 0.29) is 24.2 Å². The van der Waals surface area contributed by atoms with Gasteiger partial charge in [0.15, 0.2) is 0 Å². The predicted octanol–water partition coefficient (Wildman–Crippen LogP) is 4.49. The van der Waals surface area contributed by atoms with Crippen molar-refractivity contribution in [3.63, 3.8) is 0 Å². The maximum Gasteiger partial charge on any atom is 0.232 e. The van der Waals surface area contributed by atoms with Gasteiger partial charge in [-0.05, 0) is 55.7 Å². The number of amides is 2. The second-order valence-corrected chi connectivity index (χ2v) is 7.35. The molecule has 1 aliphatic rings. The highest BCUT2D eigenvalue weighted by Crippen LogP contribution is 2.29. The number of aryl methyl sites for hydroxylation is 2. The van der Waals surface area contributed by atoms with Gasteiger partial charge in [-0.25, -0.2) is 0 Å². The molecule has 1 aliphatic heterocycles. The number of anilines is 2. The minimum absolute atomic E-state index is 0.0279. The quantitative estimate of drug-likeness (QED) is 0.758. The summed E-state index contributed by atoms with van der Waals surface area (Å²) in [7, 11) is 0. The molecular weight excluding hydrogens is 336 g/mol. The van der Waals surface area contributed by atoms with Crippen LogP contribution < -0.4 is 9.80 Å². The van der Waals surface area contributed by atoms with Gasteiger partial charge in [-0.1, -0.05) is 37.6 Å². The maximum atomic E-state index is 13.2. The second-order valence-electron chi connectivity index (χ2n) is 7.35. The van der Waals surface area contributed by atoms with E-state index < -0.39 is 0 Å². The number of rotatable bonds is 6. The molecule has 3 rings (SSSR count). The molecule has 142 valence electrons. The fraction of sp³-hybridized carbons (Fsp3) is 0.391. The lowest BCUT2D eigenvalue weighted by molar-refractivity contribution is -0.124. The normalized spacial score (nSPS) is 16.6. The first kappa shape index (κ1) is 19.2. The van der Waals surface area contributed by atoms with Crippen molar-refractivity contribution in [3.8, 4) is 0 Å². The number of hydrogen-bond donors (Lipinski definition) is 0. The Labute approximate surface area is 161 Å². The summed E-state index contributed by atoms with van der Waals surface area (Å²) in [4.78, 5) is 29.5. The zero-order valence-corrected chi connectivity index (χ0v) is 16.4. The standard InChI is InChI=1S/C23H28N2O2/c1-4-5-13-24(20-9-7-6-8-10-20)23(27)19-15-22(26)25(16-19)21-12-11-17(2)18(3)14-21/h6-12,14,19H,4-5,13,15-16H2,1-3H3/t19-/m0/s1. The fourth-order valence-electron chi connectivity index (χ4n) is 3.53. The molecule has 0 radical (unpaired) electrons. The summed E-state index contributed by atoms with van der Waals surface area (Å²) in [5.74, 6) is -0.217. The largest absolute Gasteiger partial charge is 0.312 e. The van der Waals surface area contributed by atoms with Crippen molar-refractivity contribution in [2.45, 2.75) is 40.0 Å². The van der Waals surface area contributed by atoms with E-state index in [1.807, 2.05) is 60.4 Å². The van der Waals surface area contributed by atoms with E-state index in [0.717, 1.165) is 29.8 Å². The highest BCUT2D eigenvalue weighted by Gasteiger charge is 2.37. The summed E-state index contributed by atoms with van der Waals surface area (Å²) in [5, 5.41) is 0. The Morgan fingerprint density at radius 1 is 1.11 bits per heavy atom. The molecule has 4 nitrogen and oxygen atoms in total. The molecule has 2 aromatic carbocycles. The number of carbonyl (C=O) groups excluding carboxylic acids is 2. The highest BCUT2D eigenvalue weighted by atomic mass is 16.2. The molecule has 1 heterocycles. The van der Waals surface area contributed by atoms with Crippen molar-refractivity contribution in [1.82, 2.24) is 0 Å². The van der Waals surface area contributed by atoms with Crippen LogP contribution in [0.25, 0.3) is 0 Å². The third kappa shape index (κ3) is 4.21. The molecule has 1 atom stereocenters. The first-order chi connectivity index (χ1) is 13.0. The first-order valence-electron chi connectivity index (χ1n) is 9.75. The number of unbranched alkanes of at least 4 members (excludes halogenated alkanes) is 1. The molecule has 1 saturated heterocycles. The Kier molecular flexibility index (Phi) is 5.94. The molecule has 0 aliphatic carbocycles. The van der Waals surface area contributed by atoms with Crippen LogP contribution in [0.15, 0.2) is 48.5 Å². The molecule has 0 spiro atoms. The average molecular weight is 364 g/mol. The minimum atomic E-state index is -0.295. The fourth-order valence-corrected chi connectivity index (χ4v) is 3.53. The van der Waals surface area contributed by atoms with Crippen LogP contribution in [-0.4, -0.2) is 24.9 Å². The van der Waals surface area contributed by atoms with Crippen LogP contribution in [0.4, 0.5) is 11.4 Å². The van der Waals surface area contributed by atoms with E-state index in [1.165, 1.54) is 5.56 Å². The first-order valence-corrected chi connectivity index (χ1v) is 9.75. The molecule has 2 aromatic rings. The Hall–Kier alpha value is -2.62. The van der Waals surface area contributed by atoms with Crippen LogP contribution in [0.3, 0.4) is 0 Å². The molecule has 0 aromatic heterocycles. The van der Waals surface area contributed by atoms with Crippen molar-refractivity contribution in [3.05, 3.63) is 59.7 Å². The van der Waals surface area contributed by atoms with Crippen LogP contribution >= 0.6 is 0 Å². The van der Waals surface area contributed by atoms with Crippen LogP contribution in [0.1, 0.15) is 37.3 Å². The molecule has 1 fully saturated rings. The van der Waals surface area contributed by atoms with Crippen LogP contribution in [0, 0.1) is 19.8 Å². The van der Waals surface area contributed by atoms with Crippen molar-refractivity contribution in [2.24, 2.45) is 5.92 Å². The lowest BCUT2D eigenvalue weighted by Crippen LogP contribution is -2.38. The van der Waals surface area contributed by atoms with E-state index >= 15 is 0 Å². The second kappa shape index (κ2) is 8.38. The third-order valence-corrected chi connectivity index (χ3v) is 5.35. The van der Waals surface area contributed by atoms with Gasteiger partial charge in [0.05, 0.1) is 5.92 Å². The molecular formula is C23H28N2O2. The lowest BCUT2D eigenvalue weighted by atomic mass is 10.1. The summed E-state index contributed by atoms with van der Waals surface area (Å²) >= 11 is 0. The zero-order chi connectivity index (χ0) is 19.4. The van der Waals surface area contributed by atoms with E-state index in [1.54, 1.807) is 4.90 Å². The van der Waals surface area contributed by atoms with Gasteiger partial charge >= 0.3 is 0 Å². The van der Waals surface area contributed by atoms with Gasteiger partial charge in [0.1, 0.15) is 0 Å².